The van der Waals surface area contributed by atoms with Gasteiger partial charge in [0.05, 0.1) is 6.54 Å². The molecule has 1 aromatic rings. The Bertz CT molecular complexity index is 421. The molecule has 0 saturated heterocycles. The summed E-state index contributed by atoms with van der Waals surface area (Å²) in [5.41, 5.74) is 6.49. The van der Waals surface area contributed by atoms with Gasteiger partial charge in [-0.05, 0) is 26.0 Å². The normalized spacial score (nSPS) is 16.6. The molecule has 1 heterocycles. The van der Waals surface area contributed by atoms with E-state index in [-0.39, 0.29) is 0 Å². The Balaban J connectivity index is 1.90. The van der Waals surface area contributed by atoms with Gasteiger partial charge in [0.1, 0.15) is 0 Å². The summed E-state index contributed by atoms with van der Waals surface area (Å²) < 4.78 is 0. The molecule has 1 aliphatic carbocycles. The largest absolute Gasteiger partial charge is 0.320 e. The molecule has 0 aliphatic heterocycles. The van der Waals surface area contributed by atoms with E-state index < -0.39 is 0 Å². The minimum absolute atomic E-state index is 0.438. The SMILES string of the molecule is CN(Cc1cc(C#CCN)cs1)C1CCCCC1. The Morgan fingerprint density at radius 2 is 2.17 bits per heavy atom. The Morgan fingerprint density at radius 3 is 2.89 bits per heavy atom. The molecule has 0 aromatic carbocycles. The van der Waals surface area contributed by atoms with Gasteiger partial charge >= 0.3 is 0 Å². The van der Waals surface area contributed by atoms with E-state index in [2.05, 4.69) is 35.2 Å². The van der Waals surface area contributed by atoms with E-state index in [4.69, 9.17) is 5.73 Å². The highest BCUT2D eigenvalue weighted by atomic mass is 32.1. The smallest absolute Gasteiger partial charge is 0.0555 e. The molecule has 0 amide bonds. The standard InChI is InChI=1S/C15H22N2S/c1-17(14-7-3-2-4-8-14)11-15-10-13(12-18-15)6-5-9-16/h10,12,14H,2-4,7-9,11,16H2,1H3. The molecule has 2 nitrogen and oxygen atoms in total. The molecule has 0 bridgehead atoms. The van der Waals surface area contributed by atoms with Crippen LogP contribution >= 0.6 is 11.3 Å². The number of rotatable bonds is 3. The van der Waals surface area contributed by atoms with Crippen molar-refractivity contribution in [1.82, 2.24) is 4.90 Å². The fourth-order valence-corrected chi connectivity index (χ4v) is 3.46. The molecule has 2 N–H and O–H groups in total. The molecule has 98 valence electrons. The van der Waals surface area contributed by atoms with E-state index >= 15 is 0 Å². The van der Waals surface area contributed by atoms with Gasteiger partial charge in [0, 0.05) is 28.4 Å². The number of hydrogen-bond donors (Lipinski definition) is 1. The Kier molecular flexibility index (Phi) is 5.25. The molecule has 1 saturated carbocycles. The second-order valence-corrected chi connectivity index (χ2v) is 6.01. The van der Waals surface area contributed by atoms with Crippen LogP contribution in [0.5, 0.6) is 0 Å². The molecule has 1 aromatic heterocycles. The summed E-state index contributed by atoms with van der Waals surface area (Å²) in [5.74, 6) is 6.00. The highest BCUT2D eigenvalue weighted by Gasteiger charge is 2.18. The molecule has 1 fully saturated rings. The van der Waals surface area contributed by atoms with Crippen LogP contribution in [0.1, 0.15) is 42.5 Å². The Morgan fingerprint density at radius 1 is 1.39 bits per heavy atom. The lowest BCUT2D eigenvalue weighted by molar-refractivity contribution is 0.186. The van der Waals surface area contributed by atoms with E-state index in [1.54, 1.807) is 0 Å². The highest BCUT2D eigenvalue weighted by Crippen LogP contribution is 2.24. The number of nitrogens with two attached hydrogens (primary N) is 1. The van der Waals surface area contributed by atoms with Gasteiger partial charge in [-0.15, -0.1) is 11.3 Å². The van der Waals surface area contributed by atoms with Crippen molar-refractivity contribution in [3.8, 4) is 11.8 Å². The second kappa shape index (κ2) is 6.94. The third kappa shape index (κ3) is 3.84. The van der Waals surface area contributed by atoms with Crippen LogP contribution < -0.4 is 5.73 Å². The zero-order chi connectivity index (χ0) is 12.8. The van der Waals surface area contributed by atoms with Crippen molar-refractivity contribution >= 4 is 11.3 Å². The first-order valence-electron chi connectivity index (χ1n) is 6.76. The number of hydrogen-bond acceptors (Lipinski definition) is 3. The molecule has 0 spiro atoms. The van der Waals surface area contributed by atoms with Crippen LogP contribution in [-0.2, 0) is 6.54 Å². The van der Waals surface area contributed by atoms with Crippen LogP contribution in [0.2, 0.25) is 0 Å². The molecular formula is C15H22N2S. The first-order valence-corrected chi connectivity index (χ1v) is 7.64. The quantitative estimate of drug-likeness (QED) is 0.849. The van der Waals surface area contributed by atoms with Gasteiger partial charge in [-0.1, -0.05) is 31.1 Å². The average Bonchev–Trinajstić information content (AvgIpc) is 2.85. The van der Waals surface area contributed by atoms with Gasteiger partial charge < -0.3 is 5.73 Å². The maximum Gasteiger partial charge on any atom is 0.0555 e. The summed E-state index contributed by atoms with van der Waals surface area (Å²) in [6.07, 6.45) is 6.94. The minimum atomic E-state index is 0.438. The molecular weight excluding hydrogens is 240 g/mol. The van der Waals surface area contributed by atoms with Crippen LogP contribution in [0, 0.1) is 11.8 Å². The van der Waals surface area contributed by atoms with Crippen molar-refractivity contribution in [2.24, 2.45) is 5.73 Å². The summed E-state index contributed by atoms with van der Waals surface area (Å²) in [5, 5.41) is 2.13. The summed E-state index contributed by atoms with van der Waals surface area (Å²) >= 11 is 1.81. The molecule has 1 aliphatic rings. The van der Waals surface area contributed by atoms with Gasteiger partial charge in [-0.2, -0.15) is 0 Å². The molecule has 0 unspecified atom stereocenters. The maximum atomic E-state index is 5.38. The zero-order valence-corrected chi connectivity index (χ0v) is 11.9. The number of nitrogens with zero attached hydrogens (tertiary/aromatic N) is 1. The summed E-state index contributed by atoms with van der Waals surface area (Å²) in [7, 11) is 2.25. The lowest BCUT2D eigenvalue weighted by atomic mass is 9.94. The van der Waals surface area contributed by atoms with Gasteiger partial charge in [0.2, 0.25) is 0 Å². The molecule has 0 atom stereocenters. The summed E-state index contributed by atoms with van der Waals surface area (Å²) in [4.78, 5) is 3.91. The van der Waals surface area contributed by atoms with Gasteiger partial charge in [0.25, 0.3) is 0 Å². The van der Waals surface area contributed by atoms with E-state index in [9.17, 15) is 0 Å². The first kappa shape index (κ1) is 13.6. The molecule has 3 heteroatoms. The predicted molar refractivity (Wildman–Crippen MR) is 78.6 cm³/mol. The van der Waals surface area contributed by atoms with E-state index in [0.717, 1.165) is 18.2 Å². The zero-order valence-electron chi connectivity index (χ0n) is 11.1. The summed E-state index contributed by atoms with van der Waals surface area (Å²) in [6.45, 7) is 1.49. The Hall–Kier alpha value is -0.820. The fourth-order valence-electron chi connectivity index (χ4n) is 2.58. The first-order chi connectivity index (χ1) is 8.79. The molecule has 18 heavy (non-hydrogen) atoms. The van der Waals surface area contributed by atoms with Crippen molar-refractivity contribution in [1.29, 1.82) is 0 Å². The van der Waals surface area contributed by atoms with Gasteiger partial charge in [0.15, 0.2) is 0 Å². The van der Waals surface area contributed by atoms with Crippen LogP contribution in [0.25, 0.3) is 0 Å². The highest BCUT2D eigenvalue weighted by molar-refractivity contribution is 7.10. The van der Waals surface area contributed by atoms with Crippen molar-refractivity contribution in [2.45, 2.75) is 44.7 Å². The lowest BCUT2D eigenvalue weighted by Crippen LogP contribution is -2.32. The monoisotopic (exact) mass is 262 g/mol. The van der Waals surface area contributed by atoms with E-state index in [1.807, 2.05) is 11.3 Å². The van der Waals surface area contributed by atoms with Crippen LogP contribution in [0.15, 0.2) is 11.4 Å². The molecule has 2 rings (SSSR count). The topological polar surface area (TPSA) is 29.3 Å². The predicted octanol–water partition coefficient (Wildman–Crippen LogP) is 2.82. The summed E-state index contributed by atoms with van der Waals surface area (Å²) in [6, 6.07) is 2.98. The Labute approximate surface area is 114 Å². The third-order valence-corrected chi connectivity index (χ3v) is 4.51. The molecule has 0 radical (unpaired) electrons. The van der Waals surface area contributed by atoms with Crippen LogP contribution in [0.4, 0.5) is 0 Å². The van der Waals surface area contributed by atoms with Crippen molar-refractivity contribution < 1.29 is 0 Å². The average molecular weight is 262 g/mol. The van der Waals surface area contributed by atoms with Crippen molar-refractivity contribution in [3.63, 3.8) is 0 Å². The lowest BCUT2D eigenvalue weighted by Gasteiger charge is -2.30. The van der Waals surface area contributed by atoms with E-state index in [0.29, 0.717) is 6.54 Å². The van der Waals surface area contributed by atoms with E-state index in [1.165, 1.54) is 37.0 Å². The third-order valence-electron chi connectivity index (χ3n) is 3.59. The van der Waals surface area contributed by atoms with Crippen LogP contribution in [-0.4, -0.2) is 24.5 Å². The fraction of sp³-hybridized carbons (Fsp3) is 0.600. The second-order valence-electron chi connectivity index (χ2n) is 5.01. The number of thiophene rings is 1. The minimum Gasteiger partial charge on any atom is -0.320 e. The maximum absolute atomic E-state index is 5.38. The van der Waals surface area contributed by atoms with Gasteiger partial charge in [-0.25, -0.2) is 0 Å². The van der Waals surface area contributed by atoms with Gasteiger partial charge in [-0.3, -0.25) is 4.90 Å². The van der Waals surface area contributed by atoms with Crippen LogP contribution in [0.3, 0.4) is 0 Å². The van der Waals surface area contributed by atoms with Crippen molar-refractivity contribution in [2.75, 3.05) is 13.6 Å². The van der Waals surface area contributed by atoms with Crippen molar-refractivity contribution in [3.05, 3.63) is 21.9 Å².